The molecule has 7 nitrogen and oxygen atoms in total. The quantitative estimate of drug-likeness (QED) is 0.578. The summed E-state index contributed by atoms with van der Waals surface area (Å²) in [6.07, 6.45) is 1.53. The highest BCUT2D eigenvalue weighted by Gasteiger charge is 2.31. The number of aryl methyl sites for hydroxylation is 1. The van der Waals surface area contributed by atoms with Gasteiger partial charge in [0.25, 0.3) is 0 Å². The standard InChI is InChI=1S/C22H19N5O2S/c1-14-11-16(7-8-20(14)29-18-9-10-24-17(12-18)13-23)25-26-22(28)27-15(2)30-21-6-4-3-5-19(21)27/h3-12,15,25H,1-2H3,(H,26,28). The van der Waals surface area contributed by atoms with Crippen LogP contribution >= 0.6 is 11.8 Å². The van der Waals surface area contributed by atoms with Crippen LogP contribution in [0.3, 0.4) is 0 Å². The third kappa shape index (κ3) is 4.02. The number of urea groups is 1. The molecular formula is C22H19N5O2S. The van der Waals surface area contributed by atoms with Crippen LogP contribution in [0.15, 0.2) is 65.7 Å². The van der Waals surface area contributed by atoms with E-state index >= 15 is 0 Å². The number of fused-ring (bicyclic) bond motifs is 1. The van der Waals surface area contributed by atoms with Crippen molar-refractivity contribution in [2.75, 3.05) is 10.3 Å². The molecule has 2 N–H and O–H groups in total. The van der Waals surface area contributed by atoms with Gasteiger partial charge in [-0.25, -0.2) is 9.78 Å². The first-order valence-corrected chi connectivity index (χ1v) is 10.2. The fraction of sp³-hybridized carbons (Fsp3) is 0.136. The molecule has 1 aromatic heterocycles. The van der Waals surface area contributed by atoms with E-state index in [0.29, 0.717) is 17.2 Å². The zero-order valence-corrected chi connectivity index (χ0v) is 17.2. The number of thioether (sulfide) groups is 1. The first-order chi connectivity index (χ1) is 14.5. The van der Waals surface area contributed by atoms with E-state index in [1.807, 2.05) is 56.3 Å². The lowest BCUT2D eigenvalue weighted by molar-refractivity contribution is 0.248. The fourth-order valence-corrected chi connectivity index (χ4v) is 4.28. The van der Waals surface area contributed by atoms with Gasteiger partial charge in [-0.05, 0) is 55.8 Å². The maximum Gasteiger partial charge on any atom is 0.341 e. The van der Waals surface area contributed by atoms with E-state index in [9.17, 15) is 4.79 Å². The maximum atomic E-state index is 12.7. The molecule has 0 saturated carbocycles. The predicted molar refractivity (Wildman–Crippen MR) is 117 cm³/mol. The molecule has 8 heteroatoms. The van der Waals surface area contributed by atoms with Crippen molar-refractivity contribution in [2.45, 2.75) is 24.1 Å². The zero-order chi connectivity index (χ0) is 21.1. The average Bonchev–Trinajstić information content (AvgIpc) is 3.09. The van der Waals surface area contributed by atoms with Crippen LogP contribution in [0.1, 0.15) is 18.2 Å². The second kappa shape index (κ2) is 8.35. The Hall–Kier alpha value is -3.70. The number of rotatable bonds is 4. The molecule has 2 aromatic carbocycles. The van der Waals surface area contributed by atoms with Gasteiger partial charge in [0, 0.05) is 17.2 Å². The normalized spacial score (nSPS) is 14.6. The number of benzene rings is 2. The molecule has 1 aliphatic heterocycles. The summed E-state index contributed by atoms with van der Waals surface area (Å²) in [5.41, 5.74) is 8.53. The summed E-state index contributed by atoms with van der Waals surface area (Å²) in [5.74, 6) is 1.19. The molecule has 0 fully saturated rings. The summed E-state index contributed by atoms with van der Waals surface area (Å²) in [7, 11) is 0. The summed E-state index contributed by atoms with van der Waals surface area (Å²) in [4.78, 5) is 19.5. The lowest BCUT2D eigenvalue weighted by atomic mass is 10.2. The number of hydrogen-bond acceptors (Lipinski definition) is 6. The predicted octanol–water partition coefficient (Wildman–Crippen LogP) is 5.05. The molecular weight excluding hydrogens is 398 g/mol. The highest BCUT2D eigenvalue weighted by molar-refractivity contribution is 8.00. The molecule has 1 aliphatic rings. The Balaban J connectivity index is 1.42. The van der Waals surface area contributed by atoms with Crippen molar-refractivity contribution in [1.82, 2.24) is 10.4 Å². The zero-order valence-electron chi connectivity index (χ0n) is 16.4. The molecule has 0 radical (unpaired) electrons. The van der Waals surface area contributed by atoms with Gasteiger partial charge in [0.15, 0.2) is 0 Å². The van der Waals surface area contributed by atoms with Crippen LogP contribution in [-0.2, 0) is 0 Å². The Labute approximate surface area is 178 Å². The fourth-order valence-electron chi connectivity index (χ4n) is 3.15. The number of amides is 2. The molecule has 1 unspecified atom stereocenters. The number of nitriles is 1. The Morgan fingerprint density at radius 1 is 1.23 bits per heavy atom. The van der Waals surface area contributed by atoms with Crippen LogP contribution in [0.2, 0.25) is 0 Å². The van der Waals surface area contributed by atoms with E-state index in [2.05, 4.69) is 15.8 Å². The Morgan fingerprint density at radius 2 is 2.07 bits per heavy atom. The van der Waals surface area contributed by atoms with Crippen LogP contribution in [-0.4, -0.2) is 16.4 Å². The van der Waals surface area contributed by atoms with Crippen LogP contribution < -0.4 is 20.5 Å². The first-order valence-electron chi connectivity index (χ1n) is 9.31. The molecule has 0 spiro atoms. The third-order valence-corrected chi connectivity index (χ3v) is 5.72. The molecule has 150 valence electrons. The summed E-state index contributed by atoms with van der Waals surface area (Å²) >= 11 is 1.65. The molecule has 1 atom stereocenters. The summed E-state index contributed by atoms with van der Waals surface area (Å²) in [6, 6.07) is 18.4. The number of pyridine rings is 1. The van der Waals surface area contributed by atoms with Gasteiger partial charge in [-0.3, -0.25) is 15.8 Å². The van der Waals surface area contributed by atoms with Gasteiger partial charge in [-0.2, -0.15) is 5.26 Å². The van der Waals surface area contributed by atoms with Crippen LogP contribution in [0, 0.1) is 18.3 Å². The Kier molecular flexibility index (Phi) is 5.46. The Morgan fingerprint density at radius 3 is 2.87 bits per heavy atom. The summed E-state index contributed by atoms with van der Waals surface area (Å²) in [6.45, 7) is 3.90. The molecule has 0 aliphatic carbocycles. The monoisotopic (exact) mass is 417 g/mol. The molecule has 2 amide bonds. The molecule has 0 saturated heterocycles. The SMILES string of the molecule is Cc1cc(NNC(=O)N2c3ccccc3SC2C)ccc1Oc1ccnc(C#N)c1. The van der Waals surface area contributed by atoms with Crippen LogP contribution in [0.5, 0.6) is 11.5 Å². The third-order valence-electron chi connectivity index (χ3n) is 4.57. The first kappa shape index (κ1) is 19.6. The number of nitrogens with one attached hydrogen (secondary N) is 2. The van der Waals surface area contributed by atoms with E-state index in [0.717, 1.165) is 21.8 Å². The van der Waals surface area contributed by atoms with Crippen molar-refractivity contribution in [3.05, 3.63) is 72.1 Å². The number of carbonyl (C=O) groups is 1. The Bertz CT molecular complexity index is 1140. The summed E-state index contributed by atoms with van der Waals surface area (Å²) < 4.78 is 5.85. The molecule has 30 heavy (non-hydrogen) atoms. The average molecular weight is 417 g/mol. The van der Waals surface area contributed by atoms with Crippen molar-refractivity contribution in [1.29, 1.82) is 5.26 Å². The number of hydrazine groups is 1. The number of hydrogen-bond donors (Lipinski definition) is 2. The lowest BCUT2D eigenvalue weighted by Gasteiger charge is -2.22. The minimum absolute atomic E-state index is 0.0142. The second-order valence-corrected chi connectivity index (χ2v) is 8.04. The van der Waals surface area contributed by atoms with E-state index in [4.69, 9.17) is 10.00 Å². The number of nitrogens with zero attached hydrogens (tertiary/aromatic N) is 3. The van der Waals surface area contributed by atoms with Crippen molar-refractivity contribution in [3.63, 3.8) is 0 Å². The summed E-state index contributed by atoms with van der Waals surface area (Å²) in [5, 5.41) is 8.97. The van der Waals surface area contributed by atoms with E-state index < -0.39 is 0 Å². The van der Waals surface area contributed by atoms with Crippen molar-refractivity contribution >= 4 is 29.2 Å². The number of anilines is 2. The number of ether oxygens (including phenoxy) is 1. The number of aromatic nitrogens is 1. The van der Waals surface area contributed by atoms with Gasteiger partial charge >= 0.3 is 6.03 Å². The molecule has 2 heterocycles. The van der Waals surface area contributed by atoms with Gasteiger partial charge < -0.3 is 4.74 Å². The van der Waals surface area contributed by atoms with Gasteiger partial charge in [0.2, 0.25) is 0 Å². The van der Waals surface area contributed by atoms with Gasteiger partial charge in [-0.15, -0.1) is 0 Å². The molecule has 0 bridgehead atoms. The number of carbonyl (C=O) groups excluding carboxylic acids is 1. The smallest absolute Gasteiger partial charge is 0.341 e. The van der Waals surface area contributed by atoms with E-state index in [1.54, 1.807) is 34.9 Å². The highest BCUT2D eigenvalue weighted by Crippen LogP contribution is 2.42. The van der Waals surface area contributed by atoms with E-state index in [1.165, 1.54) is 6.20 Å². The second-order valence-electron chi connectivity index (χ2n) is 6.68. The molecule has 3 aromatic rings. The lowest BCUT2D eigenvalue weighted by Crippen LogP contribution is -2.44. The van der Waals surface area contributed by atoms with Crippen LogP contribution in [0.25, 0.3) is 0 Å². The van der Waals surface area contributed by atoms with Gasteiger partial charge in [0.05, 0.1) is 16.7 Å². The highest BCUT2D eigenvalue weighted by atomic mass is 32.2. The van der Waals surface area contributed by atoms with E-state index in [-0.39, 0.29) is 11.4 Å². The molecule has 4 rings (SSSR count). The van der Waals surface area contributed by atoms with Crippen molar-refractivity contribution in [2.24, 2.45) is 0 Å². The van der Waals surface area contributed by atoms with Crippen LogP contribution in [0.4, 0.5) is 16.2 Å². The van der Waals surface area contributed by atoms with Gasteiger partial charge in [0.1, 0.15) is 23.3 Å². The number of para-hydroxylation sites is 1. The minimum Gasteiger partial charge on any atom is -0.457 e. The largest absolute Gasteiger partial charge is 0.457 e. The van der Waals surface area contributed by atoms with Crippen molar-refractivity contribution < 1.29 is 9.53 Å². The van der Waals surface area contributed by atoms with Crippen molar-refractivity contribution in [3.8, 4) is 17.6 Å². The van der Waals surface area contributed by atoms with Gasteiger partial charge in [-0.1, -0.05) is 23.9 Å². The minimum atomic E-state index is -0.223. The topological polar surface area (TPSA) is 90.3 Å². The maximum absolute atomic E-state index is 12.7.